The molecule has 220 valence electrons. The average Bonchev–Trinajstić information content (AvgIpc) is 3.65. The van der Waals surface area contributed by atoms with Crippen LogP contribution in [0.15, 0.2) is 73.1 Å². The first-order valence-corrected chi connectivity index (χ1v) is 14.0. The van der Waals surface area contributed by atoms with Gasteiger partial charge in [0.25, 0.3) is 0 Å². The summed E-state index contributed by atoms with van der Waals surface area (Å²) in [5, 5.41) is 0. The summed E-state index contributed by atoms with van der Waals surface area (Å²) in [5.41, 5.74) is 3.81. The summed E-state index contributed by atoms with van der Waals surface area (Å²) < 4.78 is 34.6. The fourth-order valence-electron chi connectivity index (χ4n) is 5.94. The predicted octanol–water partition coefficient (Wildman–Crippen LogP) is 6.28. The Balaban J connectivity index is 1.55. The first kappa shape index (κ1) is 28.1. The van der Waals surface area contributed by atoms with Gasteiger partial charge in [-0.3, -0.25) is 14.6 Å². The van der Waals surface area contributed by atoms with Crippen molar-refractivity contribution in [2.45, 2.75) is 25.2 Å². The lowest BCUT2D eigenvalue weighted by atomic mass is 9.79. The number of hydrogen-bond donors (Lipinski definition) is 0. The zero-order valence-corrected chi connectivity index (χ0v) is 24.1. The Labute approximate surface area is 249 Å². The normalized spacial score (nSPS) is 18.1. The highest BCUT2D eigenvalue weighted by atomic mass is 16.7. The molecule has 1 aromatic heterocycles. The van der Waals surface area contributed by atoms with Gasteiger partial charge >= 0.3 is 5.97 Å². The zero-order chi connectivity index (χ0) is 29.9. The summed E-state index contributed by atoms with van der Waals surface area (Å²) in [6.45, 7) is 2.75. The Morgan fingerprint density at radius 1 is 0.907 bits per heavy atom. The van der Waals surface area contributed by atoms with Crippen molar-refractivity contribution in [2.24, 2.45) is 5.92 Å². The Bertz CT molecular complexity index is 1670. The molecule has 43 heavy (non-hydrogen) atoms. The monoisotopic (exact) mass is 581 g/mol. The number of esters is 1. The predicted molar refractivity (Wildman–Crippen MR) is 157 cm³/mol. The molecule has 0 bridgehead atoms. The summed E-state index contributed by atoms with van der Waals surface area (Å²) in [5.74, 6) is 1.32. The molecule has 2 heterocycles. The van der Waals surface area contributed by atoms with Crippen molar-refractivity contribution in [1.29, 1.82) is 0 Å². The Morgan fingerprint density at radius 3 is 2.51 bits per heavy atom. The van der Waals surface area contributed by atoms with Crippen LogP contribution in [0.1, 0.15) is 57.8 Å². The molecule has 0 N–H and O–H groups in total. The van der Waals surface area contributed by atoms with Gasteiger partial charge < -0.3 is 28.4 Å². The van der Waals surface area contributed by atoms with Gasteiger partial charge in [0.15, 0.2) is 23.5 Å². The number of aldehydes is 1. The van der Waals surface area contributed by atoms with Gasteiger partial charge in [-0.25, -0.2) is 0 Å². The summed E-state index contributed by atoms with van der Waals surface area (Å²) in [4.78, 5) is 29.8. The number of nitrogens with zero attached hydrogens (tertiary/aromatic N) is 1. The van der Waals surface area contributed by atoms with E-state index >= 15 is 0 Å². The zero-order valence-electron chi connectivity index (χ0n) is 24.1. The second-order valence-corrected chi connectivity index (χ2v) is 10.3. The molecule has 9 nitrogen and oxygen atoms in total. The minimum Gasteiger partial charge on any atom is -0.497 e. The third-order valence-corrected chi connectivity index (χ3v) is 7.87. The van der Waals surface area contributed by atoms with Crippen LogP contribution in [0.4, 0.5) is 0 Å². The van der Waals surface area contributed by atoms with Crippen molar-refractivity contribution in [2.75, 3.05) is 27.6 Å². The molecule has 0 amide bonds. The van der Waals surface area contributed by atoms with Crippen LogP contribution in [0.25, 0.3) is 0 Å². The smallest absolute Gasteiger partial charge is 0.310 e. The number of methoxy groups -OCH3 is 2. The highest BCUT2D eigenvalue weighted by Crippen LogP contribution is 2.56. The number of pyridine rings is 1. The number of carbonyl (C=O) groups is 2. The molecule has 1 aliphatic carbocycles. The number of carbonyl (C=O) groups excluding carboxylic acids is 2. The summed E-state index contributed by atoms with van der Waals surface area (Å²) in [6, 6.07) is 18.7. The van der Waals surface area contributed by atoms with Crippen molar-refractivity contribution in [3.8, 4) is 34.5 Å². The number of ether oxygens (including phenoxy) is 6. The molecule has 0 saturated heterocycles. The van der Waals surface area contributed by atoms with Crippen molar-refractivity contribution < 1.29 is 38.0 Å². The Morgan fingerprint density at radius 2 is 1.72 bits per heavy atom. The first-order chi connectivity index (χ1) is 21.1. The van der Waals surface area contributed by atoms with Crippen molar-refractivity contribution in [3.63, 3.8) is 0 Å². The largest absolute Gasteiger partial charge is 0.497 e. The van der Waals surface area contributed by atoms with E-state index < -0.39 is 11.8 Å². The van der Waals surface area contributed by atoms with E-state index in [4.69, 9.17) is 28.4 Å². The second-order valence-electron chi connectivity index (χ2n) is 10.3. The highest BCUT2D eigenvalue weighted by Gasteiger charge is 2.48. The molecule has 0 saturated carbocycles. The van der Waals surface area contributed by atoms with E-state index in [-0.39, 0.29) is 24.4 Å². The highest BCUT2D eigenvalue weighted by molar-refractivity contribution is 5.81. The molecule has 2 aliphatic rings. The van der Waals surface area contributed by atoms with E-state index in [2.05, 4.69) is 4.98 Å². The SMILES string of the molecule is CCCOc1ccc2c(c1)C(c1ccc(OC)cc1Oc1cnccc1C=O)C(C(=O)OC)C2c1ccc2c(c1)OCO2. The van der Waals surface area contributed by atoms with Crippen LogP contribution in [0.5, 0.6) is 34.5 Å². The van der Waals surface area contributed by atoms with Crippen molar-refractivity contribution in [1.82, 2.24) is 4.98 Å². The maximum Gasteiger partial charge on any atom is 0.310 e. The molecule has 0 radical (unpaired) electrons. The number of benzene rings is 3. The lowest BCUT2D eigenvalue weighted by Crippen LogP contribution is -2.25. The molecule has 3 atom stereocenters. The molecular weight excluding hydrogens is 550 g/mol. The number of fused-ring (bicyclic) bond motifs is 2. The van der Waals surface area contributed by atoms with Crippen LogP contribution in [0.3, 0.4) is 0 Å². The second kappa shape index (κ2) is 12.1. The third kappa shape index (κ3) is 5.22. The minimum atomic E-state index is -0.669. The van der Waals surface area contributed by atoms with Gasteiger partial charge in [0.05, 0.1) is 38.5 Å². The van der Waals surface area contributed by atoms with Crippen LogP contribution < -0.4 is 23.7 Å². The van der Waals surface area contributed by atoms with Gasteiger partial charge in [-0.15, -0.1) is 0 Å². The topological polar surface area (TPSA) is 102 Å². The fraction of sp³-hybridized carbons (Fsp3) is 0.265. The number of rotatable bonds is 10. The standard InChI is InChI=1S/C34H31NO8/c1-4-13-40-23-7-8-24-26(15-23)32(33(34(37)39-3)31(24)20-5-10-27-29(14-20)42-19-41-27)25-9-6-22(38-2)16-28(25)43-30-17-35-12-11-21(30)18-36/h5-12,14-18,31-33H,4,13,19H2,1-3H3. The summed E-state index contributed by atoms with van der Waals surface area (Å²) in [6.07, 6.45) is 4.58. The molecule has 3 unspecified atom stereocenters. The van der Waals surface area contributed by atoms with Crippen molar-refractivity contribution in [3.05, 3.63) is 101 Å². The maximum atomic E-state index is 13.8. The average molecular weight is 582 g/mol. The molecule has 4 aromatic rings. The van der Waals surface area contributed by atoms with E-state index in [0.29, 0.717) is 52.8 Å². The van der Waals surface area contributed by atoms with Gasteiger partial charge in [-0.1, -0.05) is 25.1 Å². The lowest BCUT2D eigenvalue weighted by molar-refractivity contribution is -0.146. The van der Waals surface area contributed by atoms with E-state index in [1.807, 2.05) is 55.5 Å². The third-order valence-electron chi connectivity index (χ3n) is 7.87. The molecule has 0 fully saturated rings. The molecule has 3 aromatic carbocycles. The van der Waals surface area contributed by atoms with Gasteiger partial charge in [-0.05, 0) is 59.5 Å². The van der Waals surface area contributed by atoms with E-state index in [1.54, 1.807) is 19.2 Å². The van der Waals surface area contributed by atoms with Crippen molar-refractivity contribution >= 4 is 12.3 Å². The van der Waals surface area contributed by atoms with E-state index in [1.165, 1.54) is 19.5 Å². The number of hydrogen-bond acceptors (Lipinski definition) is 9. The van der Waals surface area contributed by atoms with E-state index in [0.717, 1.165) is 23.1 Å². The van der Waals surface area contributed by atoms with Gasteiger partial charge in [0.1, 0.15) is 17.2 Å². The minimum absolute atomic E-state index is 0.144. The van der Waals surface area contributed by atoms with Crippen LogP contribution >= 0.6 is 0 Å². The maximum absolute atomic E-state index is 13.8. The summed E-state index contributed by atoms with van der Waals surface area (Å²) in [7, 11) is 2.96. The van der Waals surface area contributed by atoms with Crippen LogP contribution in [0, 0.1) is 5.92 Å². The molecule has 6 rings (SSSR count). The first-order valence-electron chi connectivity index (χ1n) is 14.0. The molecule has 9 heteroatoms. The summed E-state index contributed by atoms with van der Waals surface area (Å²) >= 11 is 0. The molecule has 0 spiro atoms. The quantitative estimate of drug-likeness (QED) is 0.158. The fourth-order valence-corrected chi connectivity index (χ4v) is 5.94. The van der Waals surface area contributed by atoms with Gasteiger partial charge in [-0.2, -0.15) is 0 Å². The Hall–Kier alpha value is -5.05. The Kier molecular flexibility index (Phi) is 7.87. The van der Waals surface area contributed by atoms with Crippen LogP contribution in [-0.4, -0.2) is 44.9 Å². The van der Waals surface area contributed by atoms with Crippen LogP contribution in [-0.2, 0) is 9.53 Å². The van der Waals surface area contributed by atoms with Gasteiger partial charge in [0, 0.05) is 29.7 Å². The molecular formula is C34H31NO8. The molecule has 1 aliphatic heterocycles. The van der Waals surface area contributed by atoms with Crippen LogP contribution in [0.2, 0.25) is 0 Å². The van der Waals surface area contributed by atoms with E-state index in [9.17, 15) is 9.59 Å². The van der Waals surface area contributed by atoms with Gasteiger partial charge in [0.2, 0.25) is 6.79 Å². The number of aromatic nitrogens is 1. The lowest BCUT2D eigenvalue weighted by Gasteiger charge is -2.26.